The number of hydrogen-bond donors (Lipinski definition) is 0. The molecule has 2 atom stereocenters. The van der Waals surface area contributed by atoms with E-state index in [2.05, 4.69) is 27.7 Å². The molecule has 0 aromatic heterocycles. The van der Waals surface area contributed by atoms with Gasteiger partial charge in [-0.05, 0) is 89.9 Å². The first-order chi connectivity index (χ1) is 38.2. The van der Waals surface area contributed by atoms with Crippen molar-refractivity contribution >= 4 is 61.6 Å². The van der Waals surface area contributed by atoms with E-state index in [1.807, 2.05) is 0 Å². The van der Waals surface area contributed by atoms with E-state index in [1.165, 1.54) is 244 Å². The number of unbranched alkanes of at least 4 members (excludes halogenated alkanes) is 46. The molecule has 0 saturated carbocycles. The predicted octanol–water partition coefficient (Wildman–Crippen LogP) is 20.4. The number of carboxylic acids is 2. The minimum atomic E-state index is -0.927. The summed E-state index contributed by atoms with van der Waals surface area (Å²) in [5.74, 6) is -1.81. The molecule has 0 bridgehead atoms. The number of ether oxygens (including phenoxy) is 2. The van der Waals surface area contributed by atoms with Crippen LogP contribution in [0.25, 0.3) is 0 Å². The van der Waals surface area contributed by atoms with Crippen LogP contribution in [0.15, 0.2) is 0 Å². The fourth-order valence-electron chi connectivity index (χ4n) is 10.9. The van der Waals surface area contributed by atoms with Crippen LogP contribution >= 0.6 is 0 Å². The number of carbonyl (C=O) groups excluding carboxylic acids is 4. The van der Waals surface area contributed by atoms with E-state index in [-0.39, 0.29) is 74.7 Å². The average molecular weight is 1140 g/mol. The van der Waals surface area contributed by atoms with Crippen molar-refractivity contribution in [3.63, 3.8) is 0 Å². The van der Waals surface area contributed by atoms with Gasteiger partial charge >= 0.3 is 49.7 Å². The van der Waals surface area contributed by atoms with E-state index < -0.39 is 11.9 Å². The zero-order valence-corrected chi connectivity index (χ0v) is 55.8. The molecule has 0 radical (unpaired) electrons. The van der Waals surface area contributed by atoms with E-state index in [0.717, 1.165) is 116 Å². The van der Waals surface area contributed by atoms with E-state index in [1.54, 1.807) is 0 Å². The quantitative estimate of drug-likeness (QED) is 0.0334. The summed E-state index contributed by atoms with van der Waals surface area (Å²) in [5, 5.41) is 20.8. The number of hydrogen-bond acceptors (Lipinski definition) is 8. The summed E-state index contributed by atoms with van der Waals surface area (Å²) in [6.07, 6.45) is 70.7. The van der Waals surface area contributed by atoms with Crippen molar-refractivity contribution in [2.24, 2.45) is 0 Å². The summed E-state index contributed by atoms with van der Waals surface area (Å²) in [6.45, 7) is 9.00. The minimum Gasteiger partial charge on any atom is -0.550 e. The van der Waals surface area contributed by atoms with Crippen LogP contribution in [0.4, 0.5) is 0 Å². The Bertz CT molecular complexity index is 1140. The van der Waals surface area contributed by atoms with Gasteiger partial charge in [0, 0.05) is 24.8 Å². The fourth-order valence-corrected chi connectivity index (χ4v) is 10.9. The van der Waals surface area contributed by atoms with Crippen molar-refractivity contribution in [1.82, 2.24) is 0 Å². The Morgan fingerprint density at radius 2 is 0.392 bits per heavy atom. The van der Waals surface area contributed by atoms with Gasteiger partial charge in [0.15, 0.2) is 0 Å². The van der Waals surface area contributed by atoms with Crippen LogP contribution in [0, 0.1) is 0 Å². The van der Waals surface area contributed by atoms with Crippen LogP contribution in [0.1, 0.15) is 413 Å². The number of carboxylic acid groups (broad SMARTS) is 2. The van der Waals surface area contributed by atoms with Gasteiger partial charge in [0.1, 0.15) is 12.2 Å². The maximum Gasteiger partial charge on any atom is 2.00 e. The number of esters is 2. The second-order valence-electron chi connectivity index (χ2n) is 24.1. The molecule has 79 heavy (non-hydrogen) atoms. The van der Waals surface area contributed by atoms with Gasteiger partial charge < -0.3 is 29.3 Å². The molecule has 2 unspecified atom stereocenters. The molecular formula is C70H134CaO8. The van der Waals surface area contributed by atoms with Gasteiger partial charge in [0.05, 0.1) is 0 Å². The number of rotatable bonds is 64. The van der Waals surface area contributed by atoms with Crippen LogP contribution < -0.4 is 10.2 Å². The molecule has 0 aromatic carbocycles. The summed E-state index contributed by atoms with van der Waals surface area (Å²) in [4.78, 5) is 45.8. The molecule has 0 spiro atoms. The molecule has 0 heterocycles. The molecular weight excluding hydrogens is 1010 g/mol. The van der Waals surface area contributed by atoms with Crippen molar-refractivity contribution < 1.29 is 38.9 Å². The van der Waals surface area contributed by atoms with Crippen molar-refractivity contribution in [3.05, 3.63) is 0 Å². The molecule has 0 saturated heterocycles. The van der Waals surface area contributed by atoms with Crippen molar-refractivity contribution in [2.45, 2.75) is 425 Å². The summed E-state index contributed by atoms with van der Waals surface area (Å²) in [7, 11) is 0. The summed E-state index contributed by atoms with van der Waals surface area (Å²) >= 11 is 0. The molecule has 464 valence electrons. The molecule has 0 aliphatic carbocycles. The Hall–Kier alpha value is -0.860. The Morgan fingerprint density at radius 1 is 0.241 bits per heavy atom. The predicted molar refractivity (Wildman–Crippen MR) is 335 cm³/mol. The first-order valence-corrected chi connectivity index (χ1v) is 35.0. The molecule has 0 aliphatic heterocycles. The molecule has 0 N–H and O–H groups in total. The maximum atomic E-state index is 12.5. The fraction of sp³-hybridized carbons (Fsp3) is 0.943. The maximum absolute atomic E-state index is 12.5. The van der Waals surface area contributed by atoms with Crippen molar-refractivity contribution in [3.8, 4) is 0 Å². The largest absolute Gasteiger partial charge is 2.00 e. The third-order valence-corrected chi connectivity index (χ3v) is 16.1. The number of aliphatic carboxylic acids is 2. The smallest absolute Gasteiger partial charge is 0.550 e. The zero-order chi connectivity index (χ0) is 57.3. The van der Waals surface area contributed by atoms with Gasteiger partial charge in [0.2, 0.25) is 0 Å². The number of carbonyl (C=O) groups is 4. The molecule has 0 aliphatic rings. The Balaban J connectivity index is -0.00000144. The molecule has 9 heteroatoms. The summed E-state index contributed by atoms with van der Waals surface area (Å²) in [6, 6.07) is 0. The van der Waals surface area contributed by atoms with Crippen LogP contribution in [-0.4, -0.2) is 73.8 Å². The van der Waals surface area contributed by atoms with Crippen LogP contribution in [0.5, 0.6) is 0 Å². The zero-order valence-electron chi connectivity index (χ0n) is 53.6. The minimum absolute atomic E-state index is 0. The third-order valence-electron chi connectivity index (χ3n) is 16.1. The molecule has 0 aromatic rings. The summed E-state index contributed by atoms with van der Waals surface area (Å²) < 4.78 is 11.8. The summed E-state index contributed by atoms with van der Waals surface area (Å²) in [5.41, 5.74) is 0. The van der Waals surface area contributed by atoms with Gasteiger partial charge in [-0.3, -0.25) is 9.59 Å². The second kappa shape index (κ2) is 71.4. The third kappa shape index (κ3) is 73.2. The van der Waals surface area contributed by atoms with Gasteiger partial charge in [-0.15, -0.1) is 0 Å². The first kappa shape index (κ1) is 82.4. The van der Waals surface area contributed by atoms with Crippen LogP contribution in [0.2, 0.25) is 0 Å². The van der Waals surface area contributed by atoms with Gasteiger partial charge in [-0.25, -0.2) is 0 Å². The normalized spacial score (nSPS) is 11.9. The van der Waals surface area contributed by atoms with E-state index >= 15 is 0 Å². The Kier molecular flexibility index (Phi) is 74.4. The molecule has 0 rings (SSSR count). The van der Waals surface area contributed by atoms with Crippen LogP contribution in [-0.2, 0) is 28.7 Å². The molecule has 0 fully saturated rings. The van der Waals surface area contributed by atoms with Gasteiger partial charge in [-0.2, -0.15) is 0 Å². The second-order valence-corrected chi connectivity index (χ2v) is 24.1. The Labute approximate surface area is 522 Å². The standard InChI is InChI=1S/2C35H68O4.Ca/c2*1-3-5-7-8-9-10-11-12-13-14-18-21-24-28-32-35(38)39-33(29-25-6-4-2)30-26-22-19-16-15-17-20-23-27-31-34(36)37;/h2*33H,3-32H2,1-2H3,(H,36,37);/q;;+2/p-2. The average Bonchev–Trinajstić information content (AvgIpc) is 3.41. The molecule has 0 amide bonds. The SMILES string of the molecule is CCCCCCCCCCCCCCCCC(=O)OC(CCCCC)CCCCCCCCCCCC(=O)[O-].CCCCCCCCCCCCCCCCC(=O)OC(CCCCC)CCCCCCCCCCCC(=O)[O-].[Ca+2]. The van der Waals surface area contributed by atoms with Crippen molar-refractivity contribution in [1.29, 1.82) is 0 Å². The van der Waals surface area contributed by atoms with Crippen LogP contribution in [0.3, 0.4) is 0 Å². The van der Waals surface area contributed by atoms with Crippen molar-refractivity contribution in [2.75, 3.05) is 0 Å². The first-order valence-electron chi connectivity index (χ1n) is 35.0. The van der Waals surface area contributed by atoms with Gasteiger partial charge in [-0.1, -0.05) is 310 Å². The Morgan fingerprint density at radius 3 is 0.595 bits per heavy atom. The van der Waals surface area contributed by atoms with E-state index in [0.29, 0.717) is 12.8 Å². The molecule has 8 nitrogen and oxygen atoms in total. The van der Waals surface area contributed by atoms with Gasteiger partial charge in [0.25, 0.3) is 0 Å². The van der Waals surface area contributed by atoms with E-state index in [4.69, 9.17) is 9.47 Å². The monoisotopic (exact) mass is 1140 g/mol. The van der Waals surface area contributed by atoms with E-state index in [9.17, 15) is 29.4 Å². The topological polar surface area (TPSA) is 133 Å².